The first-order valence-electron chi connectivity index (χ1n) is 9.17. The number of nitriles is 1. The molecule has 1 aromatic rings. The van der Waals surface area contributed by atoms with Crippen molar-refractivity contribution >= 4 is 23.5 Å². The summed E-state index contributed by atoms with van der Waals surface area (Å²) in [6.45, 7) is 6.06. The summed E-state index contributed by atoms with van der Waals surface area (Å²) in [4.78, 5) is 39.8. The number of allylic oxidation sites excluding steroid dienone is 1. The number of carbonyl (C=O) groups excluding carboxylic acids is 3. The number of hydrogen-bond donors (Lipinski definition) is 2. The first-order chi connectivity index (χ1) is 13.9. The Balaban J connectivity index is 2.38. The van der Waals surface area contributed by atoms with Gasteiger partial charge in [0.1, 0.15) is 35.1 Å². The molecule has 2 aliphatic rings. The van der Waals surface area contributed by atoms with E-state index in [1.807, 2.05) is 6.07 Å². The molecule has 1 spiro atoms. The quantitative estimate of drug-likeness (QED) is 0.709. The molecule has 4 N–H and O–H groups in total. The van der Waals surface area contributed by atoms with Gasteiger partial charge in [-0.25, -0.2) is 4.79 Å². The summed E-state index contributed by atoms with van der Waals surface area (Å²) in [5.74, 6) is -2.55. The SMILES string of the molecule is CC1=C(C(=O)OC(C)(C)C)[C@]2(C(=O)N(CC(N)=O)c3ccccc32)C(C#N)=C(N)O1. The zero-order valence-corrected chi connectivity index (χ0v) is 17.1. The van der Waals surface area contributed by atoms with Crippen molar-refractivity contribution in [2.75, 3.05) is 11.4 Å². The average Bonchev–Trinajstić information content (AvgIpc) is 2.84. The lowest BCUT2D eigenvalue weighted by Crippen LogP contribution is -2.50. The Hall–Kier alpha value is -3.80. The first kappa shape index (κ1) is 20.9. The number of fused-ring (bicyclic) bond motifs is 2. The van der Waals surface area contributed by atoms with Gasteiger partial charge in [-0.3, -0.25) is 9.59 Å². The van der Waals surface area contributed by atoms with Gasteiger partial charge in [-0.1, -0.05) is 18.2 Å². The summed E-state index contributed by atoms with van der Waals surface area (Å²) >= 11 is 0. The van der Waals surface area contributed by atoms with Crippen molar-refractivity contribution in [3.8, 4) is 6.07 Å². The highest BCUT2D eigenvalue weighted by Gasteiger charge is 2.62. The second-order valence-electron chi connectivity index (χ2n) is 8.01. The van der Waals surface area contributed by atoms with E-state index in [0.717, 1.165) is 4.90 Å². The molecule has 30 heavy (non-hydrogen) atoms. The number of para-hydroxylation sites is 1. The number of nitrogens with zero attached hydrogens (tertiary/aromatic N) is 2. The highest BCUT2D eigenvalue weighted by atomic mass is 16.6. The molecule has 0 saturated carbocycles. The molecule has 1 atom stereocenters. The Labute approximate surface area is 173 Å². The van der Waals surface area contributed by atoms with E-state index >= 15 is 0 Å². The van der Waals surface area contributed by atoms with Gasteiger partial charge in [-0.05, 0) is 33.8 Å². The molecule has 0 fully saturated rings. The van der Waals surface area contributed by atoms with E-state index in [-0.39, 0.29) is 22.8 Å². The normalized spacial score (nSPS) is 20.8. The van der Waals surface area contributed by atoms with Crippen LogP contribution in [0.2, 0.25) is 0 Å². The summed E-state index contributed by atoms with van der Waals surface area (Å²) in [6, 6.07) is 8.45. The number of amides is 2. The highest BCUT2D eigenvalue weighted by molar-refractivity contribution is 6.19. The number of benzene rings is 1. The second-order valence-corrected chi connectivity index (χ2v) is 8.01. The molecule has 0 bridgehead atoms. The van der Waals surface area contributed by atoms with Crippen LogP contribution in [0.3, 0.4) is 0 Å². The van der Waals surface area contributed by atoms with E-state index in [9.17, 15) is 19.6 Å². The van der Waals surface area contributed by atoms with Gasteiger partial charge in [-0.15, -0.1) is 0 Å². The maximum absolute atomic E-state index is 13.8. The molecule has 2 aliphatic heterocycles. The zero-order valence-electron chi connectivity index (χ0n) is 17.1. The molecule has 156 valence electrons. The maximum atomic E-state index is 13.8. The minimum atomic E-state index is -1.91. The predicted molar refractivity (Wildman–Crippen MR) is 106 cm³/mol. The van der Waals surface area contributed by atoms with Gasteiger partial charge in [0.25, 0.3) is 0 Å². The van der Waals surface area contributed by atoms with Gasteiger partial charge in [-0.2, -0.15) is 5.26 Å². The van der Waals surface area contributed by atoms with Crippen LogP contribution in [0.5, 0.6) is 0 Å². The summed E-state index contributed by atoms with van der Waals surface area (Å²) in [5, 5.41) is 9.91. The summed E-state index contributed by atoms with van der Waals surface area (Å²) in [5.41, 5.74) is 8.79. The third-order valence-electron chi connectivity index (χ3n) is 4.81. The number of anilines is 1. The van der Waals surface area contributed by atoms with E-state index in [4.69, 9.17) is 20.9 Å². The second kappa shape index (κ2) is 6.91. The zero-order chi connectivity index (χ0) is 22.4. The molecule has 0 unspecified atom stereocenters. The van der Waals surface area contributed by atoms with E-state index in [2.05, 4.69) is 0 Å². The van der Waals surface area contributed by atoms with Crippen molar-refractivity contribution in [1.29, 1.82) is 5.26 Å². The van der Waals surface area contributed by atoms with E-state index in [0.29, 0.717) is 11.3 Å². The molecule has 9 nitrogen and oxygen atoms in total. The van der Waals surface area contributed by atoms with Crippen LogP contribution in [0.1, 0.15) is 33.3 Å². The molecular formula is C21H22N4O5. The Morgan fingerprint density at radius 3 is 2.50 bits per heavy atom. The molecule has 3 rings (SSSR count). The van der Waals surface area contributed by atoms with Gasteiger partial charge in [0.15, 0.2) is 5.41 Å². The van der Waals surface area contributed by atoms with Crippen LogP contribution < -0.4 is 16.4 Å². The van der Waals surface area contributed by atoms with Crippen molar-refractivity contribution in [1.82, 2.24) is 0 Å². The van der Waals surface area contributed by atoms with Gasteiger partial charge in [0.05, 0.1) is 0 Å². The molecule has 9 heteroatoms. The number of primary amides is 1. The summed E-state index contributed by atoms with van der Waals surface area (Å²) < 4.78 is 11.0. The van der Waals surface area contributed by atoms with Crippen molar-refractivity contribution in [3.05, 3.63) is 52.6 Å². The minimum absolute atomic E-state index is 0.0322. The number of esters is 1. The largest absolute Gasteiger partial charge is 0.456 e. The fraction of sp³-hybridized carbons (Fsp3) is 0.333. The maximum Gasteiger partial charge on any atom is 0.339 e. The molecule has 0 aliphatic carbocycles. The van der Waals surface area contributed by atoms with Crippen LogP contribution in [0, 0.1) is 11.3 Å². The van der Waals surface area contributed by atoms with Crippen molar-refractivity contribution in [3.63, 3.8) is 0 Å². The molecule has 0 saturated heterocycles. The number of carbonyl (C=O) groups is 3. The van der Waals surface area contributed by atoms with Crippen molar-refractivity contribution < 1.29 is 23.9 Å². The van der Waals surface area contributed by atoms with Crippen LogP contribution in [-0.4, -0.2) is 29.9 Å². The lowest BCUT2D eigenvalue weighted by atomic mass is 9.68. The van der Waals surface area contributed by atoms with E-state index in [1.54, 1.807) is 45.0 Å². The third kappa shape index (κ3) is 2.97. The first-order valence-corrected chi connectivity index (χ1v) is 9.17. The van der Waals surface area contributed by atoms with Gasteiger partial charge < -0.3 is 25.8 Å². The minimum Gasteiger partial charge on any atom is -0.456 e. The molecule has 2 amide bonds. The smallest absolute Gasteiger partial charge is 0.339 e. The number of rotatable bonds is 3. The Morgan fingerprint density at radius 2 is 1.93 bits per heavy atom. The molecular weight excluding hydrogens is 388 g/mol. The summed E-state index contributed by atoms with van der Waals surface area (Å²) in [6.07, 6.45) is 0. The fourth-order valence-corrected chi connectivity index (χ4v) is 3.85. The van der Waals surface area contributed by atoms with Crippen LogP contribution in [0.4, 0.5) is 5.69 Å². The lowest BCUT2D eigenvalue weighted by molar-refractivity contribution is -0.151. The molecule has 0 aromatic heterocycles. The molecule has 1 aromatic carbocycles. The topological polar surface area (TPSA) is 149 Å². The third-order valence-corrected chi connectivity index (χ3v) is 4.81. The Bertz CT molecular complexity index is 1070. The standard InChI is InChI=1S/C21H22N4O5/c1-11-16(18(27)30-20(2,3)4)21(13(9-22)17(24)29-11)12-7-5-6-8-14(12)25(19(21)28)10-15(23)26/h5-8H,10,24H2,1-4H3,(H2,23,26)/t21-/m1/s1. The van der Waals surface area contributed by atoms with Crippen LogP contribution in [0.15, 0.2) is 47.1 Å². The van der Waals surface area contributed by atoms with Crippen molar-refractivity contribution in [2.45, 2.75) is 38.7 Å². The molecule has 2 heterocycles. The van der Waals surface area contributed by atoms with E-state index in [1.165, 1.54) is 6.92 Å². The van der Waals surface area contributed by atoms with Crippen LogP contribution >= 0.6 is 0 Å². The summed E-state index contributed by atoms with van der Waals surface area (Å²) in [7, 11) is 0. The fourth-order valence-electron chi connectivity index (χ4n) is 3.85. The predicted octanol–water partition coefficient (Wildman–Crippen LogP) is 1.10. The number of nitrogens with two attached hydrogens (primary N) is 2. The van der Waals surface area contributed by atoms with Crippen molar-refractivity contribution in [2.24, 2.45) is 11.5 Å². The number of hydrogen-bond acceptors (Lipinski definition) is 7. The highest BCUT2D eigenvalue weighted by Crippen LogP contribution is 2.54. The van der Waals surface area contributed by atoms with Gasteiger partial charge in [0, 0.05) is 11.3 Å². The van der Waals surface area contributed by atoms with Gasteiger partial charge >= 0.3 is 5.97 Å². The number of ether oxygens (including phenoxy) is 2. The average molecular weight is 410 g/mol. The monoisotopic (exact) mass is 410 g/mol. The van der Waals surface area contributed by atoms with Crippen LogP contribution in [-0.2, 0) is 29.3 Å². The Morgan fingerprint density at radius 1 is 1.30 bits per heavy atom. The van der Waals surface area contributed by atoms with E-state index < -0.39 is 35.3 Å². The molecule has 0 radical (unpaired) electrons. The Kier molecular flexibility index (Phi) is 4.82. The van der Waals surface area contributed by atoms with Gasteiger partial charge in [0.2, 0.25) is 17.7 Å². The van der Waals surface area contributed by atoms with Crippen LogP contribution in [0.25, 0.3) is 0 Å². The lowest BCUT2D eigenvalue weighted by Gasteiger charge is -2.35.